The summed E-state index contributed by atoms with van der Waals surface area (Å²) in [4.78, 5) is 12.9. The normalized spacial score (nSPS) is 15.5. The van der Waals surface area contributed by atoms with Gasteiger partial charge in [0.1, 0.15) is 0 Å². The lowest BCUT2D eigenvalue weighted by Crippen LogP contribution is -2.35. The smallest absolute Gasteiger partial charge is 0.255 e. The Morgan fingerprint density at radius 2 is 1.85 bits per heavy atom. The molecule has 0 radical (unpaired) electrons. The minimum Gasteiger partial charge on any atom is -0.392 e. The van der Waals surface area contributed by atoms with Crippen molar-refractivity contribution in [3.8, 4) is 0 Å². The molecular weight excluding hydrogens is 364 g/mol. The molecule has 6 nitrogen and oxygen atoms in total. The van der Waals surface area contributed by atoms with E-state index in [-0.39, 0.29) is 17.4 Å². The van der Waals surface area contributed by atoms with Gasteiger partial charge < -0.3 is 10.4 Å². The first kappa shape index (κ1) is 19.5. The molecule has 0 bridgehead atoms. The van der Waals surface area contributed by atoms with Crippen LogP contribution in [0.4, 0.5) is 5.69 Å². The van der Waals surface area contributed by atoms with E-state index in [1.165, 1.54) is 10.4 Å². The minimum atomic E-state index is -3.60. The SMILES string of the molecule is Cc1ccc(S(=O)(=O)N2CCCCC2)cc1C(=O)Nc1cccc(CO)c1. The molecule has 1 saturated heterocycles. The van der Waals surface area contributed by atoms with Crippen molar-refractivity contribution in [3.05, 3.63) is 59.2 Å². The fourth-order valence-corrected chi connectivity index (χ4v) is 4.75. The van der Waals surface area contributed by atoms with Crippen molar-refractivity contribution in [1.29, 1.82) is 0 Å². The van der Waals surface area contributed by atoms with E-state index in [1.807, 2.05) is 0 Å². The molecule has 0 aliphatic carbocycles. The lowest BCUT2D eigenvalue weighted by atomic mass is 10.1. The van der Waals surface area contributed by atoms with Gasteiger partial charge in [0.25, 0.3) is 5.91 Å². The Morgan fingerprint density at radius 3 is 2.56 bits per heavy atom. The molecule has 0 unspecified atom stereocenters. The predicted octanol–water partition coefficient (Wildman–Crippen LogP) is 2.91. The topological polar surface area (TPSA) is 86.7 Å². The van der Waals surface area contributed by atoms with Crippen LogP contribution in [0.1, 0.15) is 40.7 Å². The third kappa shape index (κ3) is 4.37. The number of anilines is 1. The second-order valence-corrected chi connectivity index (χ2v) is 8.69. The molecule has 1 aliphatic rings. The number of aryl methyl sites for hydroxylation is 1. The van der Waals surface area contributed by atoms with Gasteiger partial charge in [0, 0.05) is 24.3 Å². The molecule has 2 aromatic carbocycles. The molecule has 1 fully saturated rings. The van der Waals surface area contributed by atoms with Crippen LogP contribution in [0.2, 0.25) is 0 Å². The van der Waals surface area contributed by atoms with Crippen molar-refractivity contribution < 1.29 is 18.3 Å². The Morgan fingerprint density at radius 1 is 1.11 bits per heavy atom. The van der Waals surface area contributed by atoms with Crippen molar-refractivity contribution in [3.63, 3.8) is 0 Å². The molecule has 1 heterocycles. The maximum absolute atomic E-state index is 12.9. The van der Waals surface area contributed by atoms with Crippen molar-refractivity contribution in [2.24, 2.45) is 0 Å². The van der Waals surface area contributed by atoms with E-state index < -0.39 is 10.0 Å². The maximum Gasteiger partial charge on any atom is 0.255 e. The van der Waals surface area contributed by atoms with Crippen LogP contribution >= 0.6 is 0 Å². The summed E-state index contributed by atoms with van der Waals surface area (Å²) in [6.07, 6.45) is 2.76. The summed E-state index contributed by atoms with van der Waals surface area (Å²) in [6.45, 7) is 2.69. The Bertz CT molecular complexity index is 935. The van der Waals surface area contributed by atoms with Crippen molar-refractivity contribution in [2.45, 2.75) is 37.7 Å². The molecule has 1 aliphatic heterocycles. The van der Waals surface area contributed by atoms with E-state index >= 15 is 0 Å². The number of aliphatic hydroxyl groups is 1. The van der Waals surface area contributed by atoms with Crippen LogP contribution in [0.15, 0.2) is 47.4 Å². The van der Waals surface area contributed by atoms with E-state index in [9.17, 15) is 18.3 Å². The van der Waals surface area contributed by atoms with E-state index in [2.05, 4.69) is 5.32 Å². The molecule has 144 valence electrons. The third-order valence-electron chi connectivity index (χ3n) is 4.77. The van der Waals surface area contributed by atoms with Crippen LogP contribution < -0.4 is 5.32 Å². The summed E-state index contributed by atoms with van der Waals surface area (Å²) in [6, 6.07) is 11.6. The number of sulfonamides is 1. The fourth-order valence-electron chi connectivity index (χ4n) is 3.21. The van der Waals surface area contributed by atoms with Crippen LogP contribution in [-0.4, -0.2) is 36.8 Å². The zero-order valence-electron chi connectivity index (χ0n) is 15.3. The van der Waals surface area contributed by atoms with Gasteiger partial charge in [0.2, 0.25) is 10.0 Å². The summed E-state index contributed by atoms with van der Waals surface area (Å²) in [7, 11) is -3.60. The Hall–Kier alpha value is -2.22. The number of carbonyl (C=O) groups excluding carboxylic acids is 1. The molecule has 0 saturated carbocycles. The van der Waals surface area contributed by atoms with Crippen LogP contribution in [0.25, 0.3) is 0 Å². The molecular formula is C20H24N2O4S. The van der Waals surface area contributed by atoms with Gasteiger partial charge in [0.05, 0.1) is 11.5 Å². The number of hydrogen-bond acceptors (Lipinski definition) is 4. The van der Waals surface area contributed by atoms with Crippen LogP contribution in [0.5, 0.6) is 0 Å². The summed E-state index contributed by atoms with van der Waals surface area (Å²) in [5.41, 5.74) is 2.26. The third-order valence-corrected chi connectivity index (χ3v) is 6.67. The highest BCUT2D eigenvalue weighted by Crippen LogP contribution is 2.23. The molecule has 0 spiro atoms. The first-order chi connectivity index (χ1) is 12.9. The number of nitrogens with one attached hydrogen (secondary N) is 1. The van der Waals surface area contributed by atoms with Crippen molar-refractivity contribution >= 4 is 21.6 Å². The van der Waals surface area contributed by atoms with Gasteiger partial charge in [-0.05, 0) is 55.2 Å². The lowest BCUT2D eigenvalue weighted by Gasteiger charge is -2.26. The molecule has 1 amide bonds. The zero-order chi connectivity index (χ0) is 19.4. The van der Waals surface area contributed by atoms with E-state index in [0.29, 0.717) is 35.5 Å². The second-order valence-electron chi connectivity index (χ2n) is 6.75. The quantitative estimate of drug-likeness (QED) is 0.825. The van der Waals surface area contributed by atoms with Gasteiger partial charge in [-0.2, -0.15) is 4.31 Å². The Kier molecular flexibility index (Phi) is 5.94. The summed E-state index contributed by atoms with van der Waals surface area (Å²) in [5.74, 6) is -0.377. The Labute approximate surface area is 159 Å². The van der Waals surface area contributed by atoms with E-state index in [1.54, 1.807) is 43.3 Å². The minimum absolute atomic E-state index is 0.119. The lowest BCUT2D eigenvalue weighted by molar-refractivity contribution is 0.102. The van der Waals surface area contributed by atoms with Crippen molar-refractivity contribution in [1.82, 2.24) is 4.31 Å². The first-order valence-electron chi connectivity index (χ1n) is 9.04. The highest BCUT2D eigenvalue weighted by Gasteiger charge is 2.27. The number of rotatable bonds is 5. The van der Waals surface area contributed by atoms with Gasteiger partial charge >= 0.3 is 0 Å². The largest absolute Gasteiger partial charge is 0.392 e. The van der Waals surface area contributed by atoms with Gasteiger partial charge in [0.15, 0.2) is 0 Å². The number of benzene rings is 2. The van der Waals surface area contributed by atoms with Gasteiger partial charge in [-0.1, -0.05) is 24.6 Å². The molecule has 0 atom stereocenters. The maximum atomic E-state index is 12.9. The highest BCUT2D eigenvalue weighted by molar-refractivity contribution is 7.89. The average molecular weight is 388 g/mol. The molecule has 0 aromatic heterocycles. The van der Waals surface area contributed by atoms with Crippen LogP contribution in [0, 0.1) is 6.92 Å². The monoisotopic (exact) mass is 388 g/mol. The van der Waals surface area contributed by atoms with Crippen LogP contribution in [-0.2, 0) is 16.6 Å². The molecule has 3 rings (SSSR count). The number of carbonyl (C=O) groups is 1. The van der Waals surface area contributed by atoms with Gasteiger partial charge in [-0.15, -0.1) is 0 Å². The highest BCUT2D eigenvalue weighted by atomic mass is 32.2. The zero-order valence-corrected chi connectivity index (χ0v) is 16.1. The number of piperidine rings is 1. The number of amides is 1. The molecule has 2 aromatic rings. The number of hydrogen-bond donors (Lipinski definition) is 2. The summed E-state index contributed by atoms with van der Waals surface area (Å²) < 4.78 is 27.3. The summed E-state index contributed by atoms with van der Waals surface area (Å²) >= 11 is 0. The van der Waals surface area contributed by atoms with Crippen molar-refractivity contribution in [2.75, 3.05) is 18.4 Å². The standard InChI is InChI=1S/C20H24N2O4S/c1-15-8-9-18(27(25,26)22-10-3-2-4-11-22)13-19(15)20(24)21-17-7-5-6-16(12-17)14-23/h5-9,12-13,23H,2-4,10-11,14H2,1H3,(H,21,24). The van der Waals surface area contributed by atoms with Crippen LogP contribution in [0.3, 0.4) is 0 Å². The van der Waals surface area contributed by atoms with Gasteiger partial charge in [-0.25, -0.2) is 8.42 Å². The second kappa shape index (κ2) is 8.21. The summed E-state index contributed by atoms with van der Waals surface area (Å²) in [5, 5.41) is 12.0. The van der Waals surface area contributed by atoms with Gasteiger partial charge in [-0.3, -0.25) is 4.79 Å². The van der Waals surface area contributed by atoms with E-state index in [0.717, 1.165) is 19.3 Å². The molecule has 7 heteroatoms. The number of nitrogens with zero attached hydrogens (tertiary/aromatic N) is 1. The first-order valence-corrected chi connectivity index (χ1v) is 10.5. The fraction of sp³-hybridized carbons (Fsp3) is 0.350. The van der Waals surface area contributed by atoms with E-state index in [4.69, 9.17) is 0 Å². The predicted molar refractivity (Wildman–Crippen MR) is 104 cm³/mol. The molecule has 27 heavy (non-hydrogen) atoms. The Balaban J connectivity index is 1.87. The average Bonchev–Trinajstić information content (AvgIpc) is 2.69. The number of aliphatic hydroxyl groups excluding tert-OH is 1. The molecule has 2 N–H and O–H groups in total.